The highest BCUT2D eigenvalue weighted by Crippen LogP contribution is 2.40. The number of fused-ring (bicyclic) bond motifs is 1. The molecular formula is C43H46F3N9O4. The number of carbonyl (C=O) groups excluding carboxylic acids is 3. The minimum Gasteiger partial charge on any atom is -0.373 e. The molecule has 6 heterocycles. The van der Waals surface area contributed by atoms with Crippen LogP contribution in [0.2, 0.25) is 0 Å². The van der Waals surface area contributed by atoms with Gasteiger partial charge in [0.1, 0.15) is 23.6 Å². The molecule has 3 amide bonds. The molecule has 8 rings (SSSR count). The summed E-state index contributed by atoms with van der Waals surface area (Å²) < 4.78 is 50.1. The van der Waals surface area contributed by atoms with Crippen LogP contribution in [0.1, 0.15) is 85.9 Å². The molecule has 0 bridgehead atoms. The molecule has 3 N–H and O–H groups in total. The summed E-state index contributed by atoms with van der Waals surface area (Å²) in [4.78, 5) is 50.1. The Balaban J connectivity index is 1.03. The minimum atomic E-state index is -1.07. The lowest BCUT2D eigenvalue weighted by Gasteiger charge is -2.34. The Hall–Kier alpha value is -5.87. The number of aryl methyl sites for hydroxylation is 1. The van der Waals surface area contributed by atoms with Gasteiger partial charge in [-0.3, -0.25) is 34.3 Å². The van der Waals surface area contributed by atoms with Crippen LogP contribution in [-0.2, 0) is 20.9 Å². The van der Waals surface area contributed by atoms with Crippen molar-refractivity contribution in [3.8, 4) is 11.3 Å². The van der Waals surface area contributed by atoms with Gasteiger partial charge in [-0.25, -0.2) is 13.2 Å². The number of H-pyrrole nitrogens is 1. The van der Waals surface area contributed by atoms with Gasteiger partial charge in [0.05, 0.1) is 35.6 Å². The fourth-order valence-corrected chi connectivity index (χ4v) is 8.47. The SMILES string of the molecule is CCN(C)C(O)c1cc2c(-c3ncc(C4CCN(c5ccc(C6CCC(=O)NC6=O)cc5F)CC4)cc3F)cc(C3=CCCN(C(=O)CCn4ccnn4)C3)c(F)c2[nH]1. The zero-order valence-corrected chi connectivity index (χ0v) is 32.9. The van der Waals surface area contributed by atoms with Crippen LogP contribution < -0.4 is 10.2 Å². The first-order chi connectivity index (χ1) is 28.5. The van der Waals surface area contributed by atoms with Crippen molar-refractivity contribution in [2.75, 3.05) is 44.7 Å². The maximum absolute atomic E-state index is 16.6. The Bertz CT molecular complexity index is 2430. The van der Waals surface area contributed by atoms with Crippen LogP contribution in [0.5, 0.6) is 0 Å². The van der Waals surface area contributed by atoms with Crippen molar-refractivity contribution in [3.05, 3.63) is 101 Å². The maximum Gasteiger partial charge on any atom is 0.234 e. The van der Waals surface area contributed by atoms with E-state index in [1.807, 2.05) is 17.9 Å². The third kappa shape index (κ3) is 8.11. The van der Waals surface area contributed by atoms with Crippen LogP contribution >= 0.6 is 0 Å². The molecule has 59 heavy (non-hydrogen) atoms. The molecule has 0 saturated carbocycles. The lowest BCUT2D eigenvalue weighted by atomic mass is 9.88. The first-order valence-electron chi connectivity index (χ1n) is 20.1. The van der Waals surface area contributed by atoms with E-state index in [1.54, 1.807) is 64.4 Å². The molecule has 0 radical (unpaired) electrons. The number of nitrogens with one attached hydrogen (secondary N) is 2. The molecule has 16 heteroatoms. The minimum absolute atomic E-state index is 0.0247. The molecule has 5 aromatic rings. The third-order valence-corrected chi connectivity index (χ3v) is 12.0. The zero-order valence-electron chi connectivity index (χ0n) is 32.9. The number of aliphatic hydroxyl groups is 1. The van der Waals surface area contributed by atoms with E-state index in [4.69, 9.17) is 0 Å². The van der Waals surface area contributed by atoms with Crippen molar-refractivity contribution in [1.82, 2.24) is 40.1 Å². The molecule has 0 spiro atoms. The number of halogens is 3. The Morgan fingerprint density at radius 1 is 1.02 bits per heavy atom. The molecule has 3 aliphatic heterocycles. The van der Waals surface area contributed by atoms with E-state index in [-0.39, 0.29) is 53.9 Å². The van der Waals surface area contributed by atoms with Crippen LogP contribution in [0, 0.1) is 17.5 Å². The average Bonchev–Trinajstić information content (AvgIpc) is 3.94. The molecule has 13 nitrogen and oxygen atoms in total. The van der Waals surface area contributed by atoms with Gasteiger partial charge < -0.3 is 19.9 Å². The number of amides is 3. The maximum atomic E-state index is 16.6. The number of pyridine rings is 1. The third-order valence-electron chi connectivity index (χ3n) is 12.0. The number of imide groups is 1. The Labute approximate surface area is 338 Å². The zero-order chi connectivity index (χ0) is 41.4. The first-order valence-corrected chi connectivity index (χ1v) is 20.1. The van der Waals surface area contributed by atoms with Crippen molar-refractivity contribution in [2.24, 2.45) is 0 Å². The summed E-state index contributed by atoms with van der Waals surface area (Å²) in [5, 5.41) is 21.5. The smallest absolute Gasteiger partial charge is 0.234 e. The van der Waals surface area contributed by atoms with Crippen LogP contribution in [-0.4, -0.2) is 97.4 Å². The summed E-state index contributed by atoms with van der Waals surface area (Å²) in [7, 11) is 1.74. The van der Waals surface area contributed by atoms with E-state index < -0.39 is 35.5 Å². The van der Waals surface area contributed by atoms with Gasteiger partial charge in [-0.2, -0.15) is 0 Å². The quantitative estimate of drug-likeness (QED) is 0.111. The summed E-state index contributed by atoms with van der Waals surface area (Å²) >= 11 is 0. The highest BCUT2D eigenvalue weighted by Gasteiger charge is 2.31. The topological polar surface area (TPSA) is 153 Å². The van der Waals surface area contributed by atoms with Crippen LogP contribution in [0.25, 0.3) is 27.7 Å². The summed E-state index contributed by atoms with van der Waals surface area (Å²) in [6.07, 6.45) is 8.18. The highest BCUT2D eigenvalue weighted by atomic mass is 19.1. The normalized spacial score (nSPS) is 18.4. The highest BCUT2D eigenvalue weighted by molar-refractivity contribution is 6.01. The summed E-state index contributed by atoms with van der Waals surface area (Å²) in [5.74, 6) is -3.08. The van der Waals surface area contributed by atoms with E-state index in [9.17, 15) is 19.5 Å². The van der Waals surface area contributed by atoms with Crippen LogP contribution in [0.4, 0.5) is 18.9 Å². The number of aliphatic hydroxyl groups excluding tert-OH is 1. The van der Waals surface area contributed by atoms with Crippen molar-refractivity contribution < 1.29 is 32.7 Å². The van der Waals surface area contributed by atoms with Gasteiger partial charge in [0.15, 0.2) is 5.82 Å². The molecule has 0 aliphatic carbocycles. The summed E-state index contributed by atoms with van der Waals surface area (Å²) in [6, 6.07) is 9.47. The average molecular weight is 810 g/mol. The number of aromatic nitrogens is 5. The second kappa shape index (κ2) is 16.8. The van der Waals surface area contributed by atoms with Crippen LogP contribution in [0.3, 0.4) is 0 Å². The Kier molecular flexibility index (Phi) is 11.4. The van der Waals surface area contributed by atoms with E-state index in [1.165, 1.54) is 12.1 Å². The number of aromatic amines is 1. The Morgan fingerprint density at radius 3 is 2.53 bits per heavy atom. The second-order valence-electron chi connectivity index (χ2n) is 15.6. The van der Waals surface area contributed by atoms with Gasteiger partial charge in [0, 0.05) is 67.9 Å². The molecular weight excluding hydrogens is 764 g/mol. The number of nitrogens with zero attached hydrogens (tertiary/aromatic N) is 7. The molecule has 308 valence electrons. The van der Waals surface area contributed by atoms with Crippen molar-refractivity contribution >= 4 is 39.9 Å². The molecule has 2 atom stereocenters. The number of hydrogen-bond donors (Lipinski definition) is 3. The largest absolute Gasteiger partial charge is 0.373 e. The van der Waals surface area contributed by atoms with E-state index in [0.717, 1.165) is 0 Å². The summed E-state index contributed by atoms with van der Waals surface area (Å²) in [6.45, 7) is 4.43. The van der Waals surface area contributed by atoms with Gasteiger partial charge >= 0.3 is 0 Å². The van der Waals surface area contributed by atoms with Crippen molar-refractivity contribution in [2.45, 2.75) is 70.1 Å². The van der Waals surface area contributed by atoms with Gasteiger partial charge in [-0.1, -0.05) is 24.3 Å². The predicted octanol–water partition coefficient (Wildman–Crippen LogP) is 5.79. The van der Waals surface area contributed by atoms with Crippen molar-refractivity contribution in [3.63, 3.8) is 0 Å². The van der Waals surface area contributed by atoms with Gasteiger partial charge in [0.2, 0.25) is 17.7 Å². The lowest BCUT2D eigenvalue weighted by Crippen LogP contribution is -2.39. The van der Waals surface area contributed by atoms with Crippen LogP contribution in [0.15, 0.2) is 61.1 Å². The fraction of sp³-hybridized carbons (Fsp3) is 0.395. The van der Waals surface area contributed by atoms with Gasteiger partial charge in [-0.05, 0) is 92.2 Å². The summed E-state index contributed by atoms with van der Waals surface area (Å²) in [5.41, 5.74) is 3.25. The van der Waals surface area contributed by atoms with Gasteiger partial charge in [0.25, 0.3) is 0 Å². The molecule has 3 aliphatic rings. The fourth-order valence-electron chi connectivity index (χ4n) is 8.47. The van der Waals surface area contributed by atoms with Crippen molar-refractivity contribution in [1.29, 1.82) is 0 Å². The molecule has 2 aromatic carbocycles. The monoisotopic (exact) mass is 809 g/mol. The van der Waals surface area contributed by atoms with E-state index in [2.05, 4.69) is 25.6 Å². The Morgan fingerprint density at radius 2 is 1.81 bits per heavy atom. The predicted molar refractivity (Wildman–Crippen MR) is 214 cm³/mol. The lowest BCUT2D eigenvalue weighted by molar-refractivity contribution is -0.134. The molecule has 2 fully saturated rings. The van der Waals surface area contributed by atoms with E-state index >= 15 is 13.2 Å². The number of anilines is 1. The van der Waals surface area contributed by atoms with E-state index in [0.29, 0.717) is 97.4 Å². The number of rotatable bonds is 11. The molecule has 2 unspecified atom stereocenters. The standard InChI is InChI=1S/C43H46F3N9O4/c1-3-52(2)43(59)35-22-32-31(21-30(39(46)41(32)49-35)27-5-4-14-54(24-27)38(57)12-17-55-18-13-48-51-55)40-34(45)20-28(23-47-40)25-10-15-53(16-11-25)36-8-6-26(19-33(36)44)29-7-9-37(56)50-42(29)58/h5-6,8,13,18-23,25,29,43,49,59H,3-4,7,9-12,14-17,24H2,1-2H3,(H,50,56,58). The first kappa shape index (κ1) is 39.9. The number of benzene rings is 2. The molecule has 2 saturated heterocycles. The second-order valence-corrected chi connectivity index (χ2v) is 15.6. The number of hydrogen-bond acceptors (Lipinski definition) is 9. The van der Waals surface area contributed by atoms with Gasteiger partial charge in [-0.15, -0.1) is 5.10 Å². The number of carbonyl (C=O) groups is 3. The molecule has 3 aromatic heterocycles. The number of piperidine rings is 2.